The highest BCUT2D eigenvalue weighted by Gasteiger charge is 2.46. The van der Waals surface area contributed by atoms with Crippen LogP contribution in [0.25, 0.3) is 0 Å². The highest BCUT2D eigenvalue weighted by atomic mass is 16.6. The van der Waals surface area contributed by atoms with Gasteiger partial charge in [-0.25, -0.2) is 9.59 Å². The molecule has 0 saturated carbocycles. The van der Waals surface area contributed by atoms with Crippen LogP contribution in [0.1, 0.15) is 45.6 Å². The van der Waals surface area contributed by atoms with Gasteiger partial charge in [0.2, 0.25) is 0 Å². The quantitative estimate of drug-likeness (QED) is 0.452. The molecule has 0 bridgehead atoms. The number of benzene rings is 1. The Hall–Kier alpha value is -2.68. The summed E-state index contributed by atoms with van der Waals surface area (Å²) in [6.45, 7) is 6.20. The molecule has 1 aromatic rings. The van der Waals surface area contributed by atoms with E-state index in [-0.39, 0.29) is 23.6 Å². The molecule has 1 aromatic carbocycles. The van der Waals surface area contributed by atoms with Crippen LogP contribution in [0.15, 0.2) is 24.3 Å². The average molecular weight is 408 g/mol. The van der Waals surface area contributed by atoms with Crippen molar-refractivity contribution in [3.05, 3.63) is 39.9 Å². The molecule has 9 nitrogen and oxygen atoms in total. The standard InChI is InChI=1S/C20H28N2O7/c1-19(2,3)29-18(24)21-11-9-14(10-12-21)13-20(25,17(23)28-4)15-7-5-6-8-16(15)22(26)27/h5-8,14,25H,9-13H2,1-4H3. The highest BCUT2D eigenvalue weighted by molar-refractivity contribution is 5.82. The number of nitro benzene ring substituents is 1. The molecule has 0 spiro atoms. The van der Waals surface area contributed by atoms with E-state index in [0.717, 1.165) is 7.11 Å². The summed E-state index contributed by atoms with van der Waals surface area (Å²) in [5.74, 6) is -1.07. The fourth-order valence-corrected chi connectivity index (χ4v) is 3.52. The van der Waals surface area contributed by atoms with E-state index in [2.05, 4.69) is 0 Å². The Balaban J connectivity index is 2.16. The minimum absolute atomic E-state index is 0.0350. The van der Waals surface area contributed by atoms with Crippen LogP contribution in [-0.2, 0) is 19.9 Å². The molecule has 1 heterocycles. The van der Waals surface area contributed by atoms with Gasteiger partial charge in [-0.3, -0.25) is 10.1 Å². The first-order valence-corrected chi connectivity index (χ1v) is 9.50. The first-order valence-electron chi connectivity index (χ1n) is 9.50. The Morgan fingerprint density at radius 2 is 1.83 bits per heavy atom. The average Bonchev–Trinajstić information content (AvgIpc) is 2.66. The van der Waals surface area contributed by atoms with Crippen LogP contribution in [0.4, 0.5) is 10.5 Å². The SMILES string of the molecule is COC(=O)C(O)(CC1CCN(C(=O)OC(C)(C)C)CC1)c1ccccc1[N+](=O)[O-]. The van der Waals surface area contributed by atoms with Gasteiger partial charge >= 0.3 is 12.1 Å². The minimum atomic E-state index is -2.14. The van der Waals surface area contributed by atoms with Crippen molar-refractivity contribution in [2.24, 2.45) is 5.92 Å². The van der Waals surface area contributed by atoms with Crippen molar-refractivity contribution < 1.29 is 29.1 Å². The van der Waals surface area contributed by atoms with Gasteiger partial charge in [0.1, 0.15) is 5.60 Å². The van der Waals surface area contributed by atoms with Gasteiger partial charge in [0.05, 0.1) is 17.6 Å². The third-order valence-electron chi connectivity index (χ3n) is 4.92. The van der Waals surface area contributed by atoms with Crippen LogP contribution in [0, 0.1) is 16.0 Å². The second kappa shape index (κ2) is 8.77. The number of hydrogen-bond acceptors (Lipinski definition) is 7. The molecule has 0 aromatic heterocycles. The van der Waals surface area contributed by atoms with Crippen LogP contribution < -0.4 is 0 Å². The zero-order chi connectivity index (χ0) is 21.8. The predicted molar refractivity (Wildman–Crippen MR) is 104 cm³/mol. The van der Waals surface area contributed by atoms with E-state index >= 15 is 0 Å². The summed E-state index contributed by atoms with van der Waals surface area (Å²) < 4.78 is 10.1. The first kappa shape index (κ1) is 22.6. The molecule has 1 atom stereocenters. The number of carbonyl (C=O) groups is 2. The number of carbonyl (C=O) groups excluding carboxylic acids is 2. The maximum absolute atomic E-state index is 12.4. The number of aliphatic hydroxyl groups is 1. The van der Waals surface area contributed by atoms with Gasteiger partial charge in [0.25, 0.3) is 5.69 Å². The zero-order valence-corrected chi connectivity index (χ0v) is 17.2. The van der Waals surface area contributed by atoms with E-state index in [4.69, 9.17) is 9.47 Å². The normalized spacial score (nSPS) is 17.3. The number of likely N-dealkylation sites (tertiary alicyclic amines) is 1. The minimum Gasteiger partial charge on any atom is -0.467 e. The van der Waals surface area contributed by atoms with Crippen molar-refractivity contribution in [2.75, 3.05) is 20.2 Å². The van der Waals surface area contributed by atoms with Crippen molar-refractivity contribution in [1.29, 1.82) is 0 Å². The number of piperidine rings is 1. The molecule has 9 heteroatoms. The molecular weight excluding hydrogens is 380 g/mol. The predicted octanol–water partition coefficient (Wildman–Crippen LogP) is 2.99. The lowest BCUT2D eigenvalue weighted by atomic mass is 9.80. The lowest BCUT2D eigenvalue weighted by Crippen LogP contribution is -2.44. The van der Waals surface area contributed by atoms with Gasteiger partial charge in [0.15, 0.2) is 5.60 Å². The molecule has 1 aliphatic rings. The molecule has 160 valence electrons. The number of methoxy groups -OCH3 is 1. The van der Waals surface area contributed by atoms with Gasteiger partial charge in [-0.1, -0.05) is 12.1 Å². The third kappa shape index (κ3) is 5.44. The molecule has 29 heavy (non-hydrogen) atoms. The van der Waals surface area contributed by atoms with E-state index in [0.29, 0.717) is 25.9 Å². The number of rotatable bonds is 5. The number of ether oxygens (including phenoxy) is 2. The van der Waals surface area contributed by atoms with E-state index < -0.39 is 28.2 Å². The maximum atomic E-state index is 12.4. The summed E-state index contributed by atoms with van der Waals surface area (Å²) in [7, 11) is 1.13. The van der Waals surface area contributed by atoms with E-state index in [9.17, 15) is 24.8 Å². The van der Waals surface area contributed by atoms with Crippen molar-refractivity contribution >= 4 is 17.7 Å². The lowest BCUT2D eigenvalue weighted by molar-refractivity contribution is -0.386. The number of para-hydroxylation sites is 1. The monoisotopic (exact) mass is 408 g/mol. The summed E-state index contributed by atoms with van der Waals surface area (Å²) in [5, 5.41) is 22.6. The fourth-order valence-electron chi connectivity index (χ4n) is 3.52. The molecule has 1 fully saturated rings. The van der Waals surface area contributed by atoms with E-state index in [1.54, 1.807) is 25.7 Å². The molecule has 0 aliphatic carbocycles. The van der Waals surface area contributed by atoms with Gasteiger partial charge in [0, 0.05) is 19.2 Å². The van der Waals surface area contributed by atoms with Gasteiger partial charge in [-0.15, -0.1) is 0 Å². The van der Waals surface area contributed by atoms with E-state index in [1.807, 2.05) is 0 Å². The van der Waals surface area contributed by atoms with E-state index in [1.165, 1.54) is 24.3 Å². The Morgan fingerprint density at radius 3 is 2.34 bits per heavy atom. The molecule has 1 amide bonds. The lowest BCUT2D eigenvalue weighted by Gasteiger charge is -2.36. The Bertz CT molecular complexity index is 766. The van der Waals surface area contributed by atoms with Gasteiger partial charge in [-0.2, -0.15) is 0 Å². The third-order valence-corrected chi connectivity index (χ3v) is 4.92. The van der Waals surface area contributed by atoms with Crippen molar-refractivity contribution in [3.8, 4) is 0 Å². The molecule has 1 N–H and O–H groups in total. The maximum Gasteiger partial charge on any atom is 0.410 e. The Labute approximate surface area is 169 Å². The van der Waals surface area contributed by atoms with Crippen LogP contribution in [-0.4, -0.2) is 52.8 Å². The molecule has 1 unspecified atom stereocenters. The number of nitrogens with zero attached hydrogens (tertiary/aromatic N) is 2. The largest absolute Gasteiger partial charge is 0.467 e. The molecule has 0 radical (unpaired) electrons. The topological polar surface area (TPSA) is 119 Å². The van der Waals surface area contributed by atoms with Crippen LogP contribution in [0.3, 0.4) is 0 Å². The first-order chi connectivity index (χ1) is 13.5. The highest BCUT2D eigenvalue weighted by Crippen LogP contribution is 2.38. The van der Waals surface area contributed by atoms with Crippen molar-refractivity contribution in [2.45, 2.75) is 51.2 Å². The summed E-state index contributed by atoms with van der Waals surface area (Å²) in [6, 6.07) is 5.61. The van der Waals surface area contributed by atoms with Gasteiger partial charge < -0.3 is 19.5 Å². The zero-order valence-electron chi connectivity index (χ0n) is 17.2. The Kier molecular flexibility index (Phi) is 6.84. The van der Waals surface area contributed by atoms with Crippen molar-refractivity contribution in [3.63, 3.8) is 0 Å². The summed E-state index contributed by atoms with van der Waals surface area (Å²) in [5.41, 5.74) is -3.17. The summed E-state index contributed by atoms with van der Waals surface area (Å²) in [4.78, 5) is 37.0. The Morgan fingerprint density at radius 1 is 1.24 bits per heavy atom. The van der Waals surface area contributed by atoms with Crippen molar-refractivity contribution in [1.82, 2.24) is 4.90 Å². The van der Waals surface area contributed by atoms with Crippen LogP contribution >= 0.6 is 0 Å². The number of hydrogen-bond donors (Lipinski definition) is 1. The molecule has 1 aliphatic heterocycles. The number of esters is 1. The number of nitro groups is 1. The smallest absolute Gasteiger partial charge is 0.410 e. The second-order valence-electron chi connectivity index (χ2n) is 8.24. The summed E-state index contributed by atoms with van der Waals surface area (Å²) in [6.07, 6.45) is 0.614. The van der Waals surface area contributed by atoms with Crippen LogP contribution in [0.5, 0.6) is 0 Å². The van der Waals surface area contributed by atoms with Gasteiger partial charge in [-0.05, 0) is 52.0 Å². The fraction of sp³-hybridized carbons (Fsp3) is 0.600. The molecule has 2 rings (SSSR count). The molecule has 1 saturated heterocycles. The van der Waals surface area contributed by atoms with Crippen LogP contribution in [0.2, 0.25) is 0 Å². The summed E-state index contributed by atoms with van der Waals surface area (Å²) >= 11 is 0. The second-order valence-corrected chi connectivity index (χ2v) is 8.24. The molecular formula is C20H28N2O7. The number of amides is 1.